The first kappa shape index (κ1) is 20.0. The molecule has 0 saturated heterocycles. The number of benzene rings is 2. The topological polar surface area (TPSA) is 55.7 Å². The average molecular weight is 401 g/mol. The van der Waals surface area contributed by atoms with Crippen LogP contribution in [0.2, 0.25) is 0 Å². The lowest BCUT2D eigenvalue weighted by Gasteiger charge is -2.10. The van der Waals surface area contributed by atoms with Gasteiger partial charge >= 0.3 is 0 Å². The van der Waals surface area contributed by atoms with Crippen LogP contribution in [-0.2, 0) is 0 Å². The van der Waals surface area contributed by atoms with Crippen LogP contribution in [0.5, 0.6) is 11.5 Å². The fourth-order valence-electron chi connectivity index (χ4n) is 2.42. The minimum absolute atomic E-state index is 0.131. The van der Waals surface area contributed by atoms with Gasteiger partial charge in [-0.05, 0) is 30.7 Å². The molecule has 2 aromatic carbocycles. The van der Waals surface area contributed by atoms with Crippen molar-refractivity contribution in [3.05, 3.63) is 59.0 Å². The molecule has 0 saturated carbocycles. The number of thiazole rings is 1. The van der Waals surface area contributed by atoms with E-state index in [1.165, 1.54) is 16.9 Å². The van der Waals surface area contributed by atoms with Gasteiger partial charge < -0.3 is 9.47 Å². The summed E-state index contributed by atoms with van der Waals surface area (Å²) in [6, 6.07) is 13.6. The molecule has 1 aromatic heterocycles. The molecule has 0 radical (unpaired) electrons. The minimum atomic E-state index is 0.131. The molecule has 1 heterocycles. The van der Waals surface area contributed by atoms with Crippen molar-refractivity contribution in [1.82, 2.24) is 4.98 Å². The summed E-state index contributed by atoms with van der Waals surface area (Å²) in [6.45, 7) is 2.34. The standard InChI is InChI=1S/C23H19N3O2S/c1-4-12-27-21-11-8-18(14-22(21)28-13-5-2)15-24-26-23-25-20(16-29-23)19-9-6-17(3)7-10-19/h1-2,6-11,14-16H,12-13H2,3H3,(H,25,26)/b24-15+. The number of hydrazone groups is 1. The maximum absolute atomic E-state index is 5.53. The molecular weight excluding hydrogens is 382 g/mol. The van der Waals surface area contributed by atoms with Crippen molar-refractivity contribution < 1.29 is 9.47 Å². The van der Waals surface area contributed by atoms with Gasteiger partial charge in [-0.2, -0.15) is 5.10 Å². The second-order valence-electron chi connectivity index (χ2n) is 5.97. The number of aryl methyl sites for hydroxylation is 1. The number of nitrogens with one attached hydrogen (secondary N) is 1. The third-order valence-corrected chi connectivity index (χ3v) is 4.56. The summed E-state index contributed by atoms with van der Waals surface area (Å²) < 4.78 is 11.0. The van der Waals surface area contributed by atoms with Gasteiger partial charge in [-0.15, -0.1) is 24.2 Å². The molecule has 5 nitrogen and oxygen atoms in total. The summed E-state index contributed by atoms with van der Waals surface area (Å²) in [4.78, 5) is 4.56. The number of rotatable bonds is 8. The summed E-state index contributed by atoms with van der Waals surface area (Å²) >= 11 is 1.49. The van der Waals surface area contributed by atoms with E-state index in [1.807, 2.05) is 11.4 Å². The molecule has 0 aliphatic rings. The molecule has 0 atom stereocenters. The fourth-order valence-corrected chi connectivity index (χ4v) is 3.09. The molecule has 0 unspecified atom stereocenters. The van der Waals surface area contributed by atoms with Crippen LogP contribution in [0, 0.1) is 31.6 Å². The number of hydrogen-bond donors (Lipinski definition) is 1. The van der Waals surface area contributed by atoms with E-state index in [-0.39, 0.29) is 13.2 Å². The van der Waals surface area contributed by atoms with E-state index in [0.717, 1.165) is 16.8 Å². The van der Waals surface area contributed by atoms with Crippen LogP contribution in [0.15, 0.2) is 52.9 Å². The number of terminal acetylenes is 2. The van der Waals surface area contributed by atoms with Crippen molar-refractivity contribution in [1.29, 1.82) is 0 Å². The number of ether oxygens (including phenoxy) is 2. The Morgan fingerprint density at radius 1 is 1.07 bits per heavy atom. The summed E-state index contributed by atoms with van der Waals surface area (Å²) in [5.41, 5.74) is 6.96. The molecule has 0 aliphatic heterocycles. The van der Waals surface area contributed by atoms with Crippen molar-refractivity contribution in [2.75, 3.05) is 18.6 Å². The van der Waals surface area contributed by atoms with E-state index in [2.05, 4.69) is 58.5 Å². The zero-order chi connectivity index (χ0) is 20.5. The Bertz CT molecular complexity index is 1070. The summed E-state index contributed by atoms with van der Waals surface area (Å²) in [5.74, 6) is 5.90. The van der Waals surface area contributed by atoms with Crippen molar-refractivity contribution in [2.24, 2.45) is 5.10 Å². The maximum Gasteiger partial charge on any atom is 0.203 e. The van der Waals surface area contributed by atoms with Crippen LogP contribution >= 0.6 is 11.3 Å². The first-order valence-corrected chi connectivity index (χ1v) is 9.66. The highest BCUT2D eigenvalue weighted by atomic mass is 32.1. The second-order valence-corrected chi connectivity index (χ2v) is 6.82. The van der Waals surface area contributed by atoms with E-state index in [1.54, 1.807) is 18.3 Å². The Hall–Kier alpha value is -3.74. The second kappa shape index (κ2) is 9.98. The van der Waals surface area contributed by atoms with Gasteiger partial charge in [0.1, 0.15) is 13.2 Å². The molecule has 6 heteroatoms. The number of nitrogens with zero attached hydrogens (tertiary/aromatic N) is 2. The van der Waals surface area contributed by atoms with Gasteiger partial charge in [-0.3, -0.25) is 5.43 Å². The van der Waals surface area contributed by atoms with Gasteiger partial charge in [0, 0.05) is 10.9 Å². The Labute approximate surface area is 174 Å². The first-order chi connectivity index (χ1) is 14.2. The van der Waals surface area contributed by atoms with Gasteiger partial charge in [0.05, 0.1) is 11.9 Å². The smallest absolute Gasteiger partial charge is 0.203 e. The van der Waals surface area contributed by atoms with E-state index in [4.69, 9.17) is 22.3 Å². The molecule has 0 fully saturated rings. The van der Waals surface area contributed by atoms with E-state index in [9.17, 15) is 0 Å². The van der Waals surface area contributed by atoms with E-state index >= 15 is 0 Å². The summed E-state index contributed by atoms with van der Waals surface area (Å²) in [7, 11) is 0. The molecule has 3 rings (SSSR count). The molecule has 1 N–H and O–H groups in total. The van der Waals surface area contributed by atoms with Crippen LogP contribution < -0.4 is 14.9 Å². The predicted octanol–water partition coefficient (Wildman–Crippen LogP) is 4.59. The monoisotopic (exact) mass is 401 g/mol. The van der Waals surface area contributed by atoms with E-state index in [0.29, 0.717) is 16.6 Å². The lowest BCUT2D eigenvalue weighted by molar-refractivity contribution is 0.314. The molecule has 29 heavy (non-hydrogen) atoms. The zero-order valence-electron chi connectivity index (χ0n) is 15.9. The molecule has 0 spiro atoms. The highest BCUT2D eigenvalue weighted by Crippen LogP contribution is 2.28. The van der Waals surface area contributed by atoms with Crippen LogP contribution in [0.1, 0.15) is 11.1 Å². The van der Waals surface area contributed by atoms with Gasteiger partial charge in [0.15, 0.2) is 11.5 Å². The average Bonchev–Trinajstić information content (AvgIpc) is 3.21. The first-order valence-electron chi connectivity index (χ1n) is 8.78. The Kier molecular flexibility index (Phi) is 6.89. The zero-order valence-corrected chi connectivity index (χ0v) is 16.7. The van der Waals surface area contributed by atoms with Crippen LogP contribution in [0.25, 0.3) is 11.3 Å². The van der Waals surface area contributed by atoms with Crippen molar-refractivity contribution in [2.45, 2.75) is 6.92 Å². The normalized spacial score (nSPS) is 10.3. The third-order valence-electron chi connectivity index (χ3n) is 3.82. The maximum atomic E-state index is 5.53. The lowest BCUT2D eigenvalue weighted by atomic mass is 10.1. The summed E-state index contributed by atoms with van der Waals surface area (Å²) in [6.07, 6.45) is 12.2. The van der Waals surface area contributed by atoms with Crippen molar-refractivity contribution in [3.8, 4) is 47.4 Å². The highest BCUT2D eigenvalue weighted by molar-refractivity contribution is 7.14. The molecule has 0 bridgehead atoms. The summed E-state index contributed by atoms with van der Waals surface area (Å²) in [5, 5.41) is 6.95. The molecule has 3 aromatic rings. The largest absolute Gasteiger partial charge is 0.477 e. The van der Waals surface area contributed by atoms with Gasteiger partial charge in [0.2, 0.25) is 5.13 Å². The predicted molar refractivity (Wildman–Crippen MR) is 119 cm³/mol. The van der Waals surface area contributed by atoms with Gasteiger partial charge in [-0.1, -0.05) is 41.7 Å². The van der Waals surface area contributed by atoms with Gasteiger partial charge in [0.25, 0.3) is 0 Å². The SMILES string of the molecule is C#CCOc1ccc(/C=N/Nc2nc(-c3ccc(C)cc3)cs2)cc1OCC#C. The third kappa shape index (κ3) is 5.62. The molecule has 144 valence electrons. The Morgan fingerprint density at radius 3 is 2.52 bits per heavy atom. The van der Waals surface area contributed by atoms with Gasteiger partial charge in [-0.25, -0.2) is 4.98 Å². The quantitative estimate of drug-likeness (QED) is 0.341. The van der Waals surface area contributed by atoms with E-state index < -0.39 is 0 Å². The number of hydrogen-bond acceptors (Lipinski definition) is 6. The number of anilines is 1. The van der Waals surface area contributed by atoms with Crippen LogP contribution in [-0.4, -0.2) is 24.4 Å². The fraction of sp³-hybridized carbons (Fsp3) is 0.130. The lowest BCUT2D eigenvalue weighted by Crippen LogP contribution is -2.01. The number of aromatic nitrogens is 1. The van der Waals surface area contributed by atoms with Crippen molar-refractivity contribution >= 4 is 22.7 Å². The van der Waals surface area contributed by atoms with Crippen LogP contribution in [0.3, 0.4) is 0 Å². The molecule has 0 amide bonds. The van der Waals surface area contributed by atoms with Crippen LogP contribution in [0.4, 0.5) is 5.13 Å². The molecular formula is C23H19N3O2S. The Morgan fingerprint density at radius 2 is 1.79 bits per heavy atom. The Balaban J connectivity index is 1.67. The highest BCUT2D eigenvalue weighted by Gasteiger charge is 2.06. The van der Waals surface area contributed by atoms with Crippen molar-refractivity contribution in [3.63, 3.8) is 0 Å². The minimum Gasteiger partial charge on any atom is -0.477 e. The molecule has 0 aliphatic carbocycles.